The minimum absolute atomic E-state index is 0.130. The molecule has 1 N–H and O–H groups in total. The maximum atomic E-state index is 12.5. The quantitative estimate of drug-likeness (QED) is 0.435. The first-order valence-corrected chi connectivity index (χ1v) is 7.98. The van der Waals surface area contributed by atoms with Crippen LogP contribution in [0, 0.1) is 13.7 Å². The van der Waals surface area contributed by atoms with Crippen molar-refractivity contribution < 1.29 is 9.72 Å². The predicted molar refractivity (Wildman–Crippen MR) is 99.5 cm³/mol. The van der Waals surface area contributed by atoms with Gasteiger partial charge in [-0.25, -0.2) is 0 Å². The molecule has 8 heteroatoms. The zero-order chi connectivity index (χ0) is 17.1. The van der Waals surface area contributed by atoms with Gasteiger partial charge in [0.2, 0.25) is 0 Å². The average Bonchev–Trinajstić information content (AvgIpc) is 2.46. The molecule has 0 fully saturated rings. The van der Waals surface area contributed by atoms with Gasteiger partial charge in [0, 0.05) is 29.8 Å². The zero-order valence-electron chi connectivity index (χ0n) is 12.3. The molecule has 0 saturated heterocycles. The van der Waals surface area contributed by atoms with Crippen molar-refractivity contribution in [3.8, 4) is 0 Å². The summed E-state index contributed by atoms with van der Waals surface area (Å²) >= 11 is 8.14. The number of carbonyl (C=O) groups is 1. The summed E-state index contributed by atoms with van der Waals surface area (Å²) in [5, 5.41) is 14.1. The minimum Gasteiger partial charge on any atom is -0.375 e. The van der Waals surface area contributed by atoms with Gasteiger partial charge in [-0.1, -0.05) is 17.7 Å². The third-order valence-electron chi connectivity index (χ3n) is 3.09. The van der Waals surface area contributed by atoms with Gasteiger partial charge in [-0.2, -0.15) is 0 Å². The number of nitro groups is 1. The Morgan fingerprint density at radius 1 is 1.30 bits per heavy atom. The third-order valence-corrected chi connectivity index (χ3v) is 4.33. The summed E-state index contributed by atoms with van der Waals surface area (Å²) in [4.78, 5) is 24.6. The number of rotatable bonds is 4. The van der Waals surface area contributed by atoms with Crippen LogP contribution in [0.25, 0.3) is 0 Å². The lowest BCUT2D eigenvalue weighted by Crippen LogP contribution is -2.18. The Kier molecular flexibility index (Phi) is 5.42. The van der Waals surface area contributed by atoms with Gasteiger partial charge in [-0.15, -0.1) is 0 Å². The summed E-state index contributed by atoms with van der Waals surface area (Å²) in [6.07, 6.45) is 0. The number of halogens is 2. The highest BCUT2D eigenvalue weighted by Crippen LogP contribution is 2.33. The summed E-state index contributed by atoms with van der Waals surface area (Å²) in [7, 11) is 3.63. The van der Waals surface area contributed by atoms with Gasteiger partial charge in [0.25, 0.3) is 11.6 Å². The van der Waals surface area contributed by atoms with E-state index in [2.05, 4.69) is 5.32 Å². The van der Waals surface area contributed by atoms with Crippen molar-refractivity contribution in [2.45, 2.75) is 0 Å². The van der Waals surface area contributed by atoms with Crippen molar-refractivity contribution in [2.75, 3.05) is 24.3 Å². The second-order valence-electron chi connectivity index (χ2n) is 4.91. The maximum absolute atomic E-state index is 12.5. The van der Waals surface area contributed by atoms with Gasteiger partial charge >= 0.3 is 0 Å². The molecule has 2 aromatic rings. The number of hydrogen-bond acceptors (Lipinski definition) is 4. The van der Waals surface area contributed by atoms with Crippen LogP contribution in [0.1, 0.15) is 10.4 Å². The molecule has 0 aliphatic heterocycles. The second kappa shape index (κ2) is 7.14. The maximum Gasteiger partial charge on any atom is 0.270 e. The van der Waals surface area contributed by atoms with Crippen LogP contribution in [-0.2, 0) is 0 Å². The van der Waals surface area contributed by atoms with E-state index < -0.39 is 10.8 Å². The Morgan fingerprint density at radius 2 is 2.00 bits per heavy atom. The van der Waals surface area contributed by atoms with E-state index >= 15 is 0 Å². The molecule has 1 amide bonds. The number of carbonyl (C=O) groups excluding carboxylic acids is 1. The molecule has 6 nitrogen and oxygen atoms in total. The predicted octanol–water partition coefficient (Wildman–Crippen LogP) is 4.17. The second-order valence-corrected chi connectivity index (χ2v) is 6.48. The summed E-state index contributed by atoms with van der Waals surface area (Å²) in [5.74, 6) is -0.427. The third kappa shape index (κ3) is 3.91. The van der Waals surface area contributed by atoms with Gasteiger partial charge in [0.1, 0.15) is 0 Å². The topological polar surface area (TPSA) is 75.5 Å². The van der Waals surface area contributed by atoms with E-state index in [1.54, 1.807) is 29.2 Å². The lowest BCUT2D eigenvalue weighted by atomic mass is 10.1. The van der Waals surface area contributed by atoms with Crippen molar-refractivity contribution in [3.63, 3.8) is 0 Å². The fourth-order valence-corrected chi connectivity index (χ4v) is 2.99. The van der Waals surface area contributed by atoms with E-state index in [1.807, 2.05) is 36.7 Å². The summed E-state index contributed by atoms with van der Waals surface area (Å²) in [6.45, 7) is 0. The van der Waals surface area contributed by atoms with Crippen LogP contribution < -0.4 is 10.2 Å². The first kappa shape index (κ1) is 17.5. The Balaban J connectivity index is 2.39. The molecule has 0 spiro atoms. The van der Waals surface area contributed by atoms with E-state index in [1.165, 1.54) is 12.1 Å². The number of nitrogens with zero attached hydrogens (tertiary/aromatic N) is 2. The van der Waals surface area contributed by atoms with Crippen LogP contribution in [-0.4, -0.2) is 24.9 Å². The first-order chi connectivity index (χ1) is 10.8. The number of hydrogen-bond donors (Lipinski definition) is 1. The van der Waals surface area contributed by atoms with Crippen molar-refractivity contribution in [1.82, 2.24) is 0 Å². The van der Waals surface area contributed by atoms with Crippen LogP contribution >= 0.6 is 34.2 Å². The smallest absolute Gasteiger partial charge is 0.270 e. The van der Waals surface area contributed by atoms with Crippen molar-refractivity contribution in [3.05, 3.63) is 60.7 Å². The highest BCUT2D eigenvalue weighted by atomic mass is 127. The molecule has 0 unspecified atom stereocenters. The lowest BCUT2D eigenvalue weighted by molar-refractivity contribution is -0.384. The van der Waals surface area contributed by atoms with E-state index in [0.29, 0.717) is 20.0 Å². The van der Waals surface area contributed by atoms with Gasteiger partial charge in [0.05, 0.1) is 26.9 Å². The SMILES string of the molecule is CN(C)c1c(Cl)cccc1NC(=O)c1cc([N+](=O)[O-])ccc1I. The van der Waals surface area contributed by atoms with E-state index in [-0.39, 0.29) is 11.3 Å². The Hall–Kier alpha value is -1.87. The standard InChI is InChI=1S/C15H13ClIN3O3/c1-19(2)14-11(16)4-3-5-13(14)18-15(21)10-8-9(20(22)23)6-7-12(10)17/h3-8H,1-2H3,(H,18,21). The highest BCUT2D eigenvalue weighted by Gasteiger charge is 2.18. The molecular weight excluding hydrogens is 433 g/mol. The number of anilines is 2. The Bertz CT molecular complexity index is 781. The van der Waals surface area contributed by atoms with Gasteiger partial charge in [-0.05, 0) is 40.8 Å². The van der Waals surface area contributed by atoms with Crippen LogP contribution in [0.3, 0.4) is 0 Å². The molecule has 0 atom stereocenters. The van der Waals surface area contributed by atoms with E-state index in [0.717, 1.165) is 0 Å². The lowest BCUT2D eigenvalue weighted by Gasteiger charge is -2.19. The number of benzene rings is 2. The number of nitrogens with one attached hydrogen (secondary N) is 1. The Labute approximate surface area is 151 Å². The fourth-order valence-electron chi connectivity index (χ4n) is 2.06. The molecule has 0 radical (unpaired) electrons. The molecule has 23 heavy (non-hydrogen) atoms. The number of nitro benzene ring substituents is 1. The molecule has 2 aromatic carbocycles. The zero-order valence-corrected chi connectivity index (χ0v) is 15.3. The molecule has 0 aliphatic carbocycles. The molecule has 0 heterocycles. The summed E-state index contributed by atoms with van der Waals surface area (Å²) in [6, 6.07) is 9.34. The van der Waals surface area contributed by atoms with Crippen molar-refractivity contribution >= 4 is 57.2 Å². The monoisotopic (exact) mass is 445 g/mol. The summed E-state index contributed by atoms with van der Waals surface area (Å²) in [5.41, 5.74) is 1.32. The molecule has 0 bridgehead atoms. The normalized spacial score (nSPS) is 10.3. The van der Waals surface area contributed by atoms with Crippen LogP contribution in [0.5, 0.6) is 0 Å². The first-order valence-electron chi connectivity index (χ1n) is 6.52. The van der Waals surface area contributed by atoms with Crippen LogP contribution in [0.2, 0.25) is 5.02 Å². The summed E-state index contributed by atoms with van der Waals surface area (Å²) < 4.78 is 0.624. The minimum atomic E-state index is -0.530. The molecular formula is C15H13ClIN3O3. The molecule has 0 saturated carbocycles. The Morgan fingerprint density at radius 3 is 2.61 bits per heavy atom. The number of amides is 1. The van der Waals surface area contributed by atoms with E-state index in [4.69, 9.17) is 11.6 Å². The number of non-ortho nitro benzene ring substituents is 1. The largest absolute Gasteiger partial charge is 0.375 e. The van der Waals surface area contributed by atoms with Crippen LogP contribution in [0.4, 0.5) is 17.1 Å². The average molecular weight is 446 g/mol. The number of para-hydroxylation sites is 1. The molecule has 0 aliphatic rings. The van der Waals surface area contributed by atoms with E-state index in [9.17, 15) is 14.9 Å². The molecule has 2 rings (SSSR count). The molecule has 120 valence electrons. The molecule has 0 aromatic heterocycles. The highest BCUT2D eigenvalue weighted by molar-refractivity contribution is 14.1. The van der Waals surface area contributed by atoms with Crippen LogP contribution in [0.15, 0.2) is 36.4 Å². The van der Waals surface area contributed by atoms with Gasteiger partial charge < -0.3 is 10.2 Å². The van der Waals surface area contributed by atoms with Gasteiger partial charge in [0.15, 0.2) is 0 Å². The van der Waals surface area contributed by atoms with Crippen molar-refractivity contribution in [2.24, 2.45) is 0 Å². The van der Waals surface area contributed by atoms with Gasteiger partial charge in [-0.3, -0.25) is 14.9 Å². The van der Waals surface area contributed by atoms with Crippen molar-refractivity contribution in [1.29, 1.82) is 0 Å². The fraction of sp³-hybridized carbons (Fsp3) is 0.133.